The van der Waals surface area contributed by atoms with Crippen LogP contribution in [0.5, 0.6) is 0 Å². The van der Waals surface area contributed by atoms with Crippen LogP contribution >= 0.6 is 0 Å². The standard InChI is InChI=1S/C12H25N/c1-3-8-11-9-6-5-7-10-12(11)13-4-2/h11-13H,3-10H2,1-2H3. The second-order valence-electron chi connectivity index (χ2n) is 4.35. The van der Waals surface area contributed by atoms with Gasteiger partial charge < -0.3 is 5.32 Å². The zero-order valence-electron chi connectivity index (χ0n) is 9.31. The molecule has 1 nitrogen and oxygen atoms in total. The van der Waals surface area contributed by atoms with E-state index in [2.05, 4.69) is 19.2 Å². The fourth-order valence-electron chi connectivity index (χ4n) is 2.63. The molecule has 78 valence electrons. The van der Waals surface area contributed by atoms with Gasteiger partial charge in [-0.05, 0) is 31.7 Å². The normalized spacial score (nSPS) is 30.0. The zero-order valence-corrected chi connectivity index (χ0v) is 9.31. The van der Waals surface area contributed by atoms with Crippen molar-refractivity contribution in [2.45, 2.75) is 64.8 Å². The van der Waals surface area contributed by atoms with E-state index in [4.69, 9.17) is 0 Å². The van der Waals surface area contributed by atoms with Crippen LogP contribution in [0.25, 0.3) is 0 Å². The fourth-order valence-corrected chi connectivity index (χ4v) is 2.63. The molecule has 0 aliphatic heterocycles. The van der Waals surface area contributed by atoms with Gasteiger partial charge in [-0.15, -0.1) is 0 Å². The highest BCUT2D eigenvalue weighted by molar-refractivity contribution is 4.78. The van der Waals surface area contributed by atoms with E-state index in [1.165, 1.54) is 44.9 Å². The second kappa shape index (κ2) is 6.42. The van der Waals surface area contributed by atoms with Gasteiger partial charge in [0.25, 0.3) is 0 Å². The lowest BCUT2D eigenvalue weighted by atomic mass is 9.90. The maximum absolute atomic E-state index is 3.66. The van der Waals surface area contributed by atoms with Crippen LogP contribution in [0.1, 0.15) is 58.8 Å². The van der Waals surface area contributed by atoms with E-state index in [-0.39, 0.29) is 0 Å². The van der Waals surface area contributed by atoms with E-state index in [0.717, 1.165) is 18.5 Å². The van der Waals surface area contributed by atoms with Gasteiger partial charge in [0, 0.05) is 6.04 Å². The Balaban J connectivity index is 2.40. The minimum absolute atomic E-state index is 0.826. The Morgan fingerprint density at radius 1 is 1.08 bits per heavy atom. The summed E-state index contributed by atoms with van der Waals surface area (Å²) in [5.41, 5.74) is 0. The maximum Gasteiger partial charge on any atom is 0.00952 e. The molecule has 0 heterocycles. The number of hydrogen-bond acceptors (Lipinski definition) is 1. The van der Waals surface area contributed by atoms with Crippen LogP contribution in [0.2, 0.25) is 0 Å². The van der Waals surface area contributed by atoms with Crippen molar-refractivity contribution in [2.75, 3.05) is 6.54 Å². The van der Waals surface area contributed by atoms with Crippen LogP contribution in [-0.4, -0.2) is 12.6 Å². The van der Waals surface area contributed by atoms with Crippen molar-refractivity contribution in [1.29, 1.82) is 0 Å². The summed E-state index contributed by atoms with van der Waals surface area (Å²) in [7, 11) is 0. The average molecular weight is 183 g/mol. The van der Waals surface area contributed by atoms with Gasteiger partial charge >= 0.3 is 0 Å². The molecular formula is C12H25N. The highest BCUT2D eigenvalue weighted by Gasteiger charge is 2.21. The lowest BCUT2D eigenvalue weighted by molar-refractivity contribution is 0.319. The minimum atomic E-state index is 0.826. The average Bonchev–Trinajstić information content (AvgIpc) is 2.33. The van der Waals surface area contributed by atoms with Gasteiger partial charge in [0.2, 0.25) is 0 Å². The summed E-state index contributed by atoms with van der Waals surface area (Å²) < 4.78 is 0. The molecule has 1 N–H and O–H groups in total. The van der Waals surface area contributed by atoms with Gasteiger partial charge in [0.1, 0.15) is 0 Å². The first-order chi connectivity index (χ1) is 6.38. The van der Waals surface area contributed by atoms with Crippen molar-refractivity contribution in [2.24, 2.45) is 5.92 Å². The van der Waals surface area contributed by atoms with Crippen molar-refractivity contribution in [1.82, 2.24) is 5.32 Å². The van der Waals surface area contributed by atoms with Crippen molar-refractivity contribution < 1.29 is 0 Å². The van der Waals surface area contributed by atoms with Gasteiger partial charge in [-0.2, -0.15) is 0 Å². The molecule has 0 aromatic heterocycles. The molecule has 2 unspecified atom stereocenters. The molecule has 1 aliphatic rings. The first kappa shape index (κ1) is 11.0. The predicted molar refractivity (Wildman–Crippen MR) is 58.9 cm³/mol. The summed E-state index contributed by atoms with van der Waals surface area (Å²) in [6.45, 7) is 5.69. The lowest BCUT2D eigenvalue weighted by Gasteiger charge is -2.25. The van der Waals surface area contributed by atoms with E-state index in [1.54, 1.807) is 0 Å². The number of rotatable bonds is 4. The molecular weight excluding hydrogens is 158 g/mol. The van der Waals surface area contributed by atoms with Crippen molar-refractivity contribution in [3.63, 3.8) is 0 Å². The van der Waals surface area contributed by atoms with Crippen molar-refractivity contribution >= 4 is 0 Å². The summed E-state index contributed by atoms with van der Waals surface area (Å²) in [5, 5.41) is 3.66. The van der Waals surface area contributed by atoms with Crippen LogP contribution in [0.3, 0.4) is 0 Å². The molecule has 1 saturated carbocycles. The molecule has 0 bridgehead atoms. The molecule has 0 aromatic rings. The Hall–Kier alpha value is -0.0400. The molecule has 1 heteroatoms. The van der Waals surface area contributed by atoms with Gasteiger partial charge in [0.05, 0.1) is 0 Å². The SMILES string of the molecule is CCCC1CCCCCC1NCC. The molecule has 2 atom stereocenters. The highest BCUT2D eigenvalue weighted by Crippen LogP contribution is 2.26. The largest absolute Gasteiger partial charge is 0.314 e. The molecule has 0 aromatic carbocycles. The number of nitrogens with one attached hydrogen (secondary N) is 1. The zero-order chi connectivity index (χ0) is 9.52. The van der Waals surface area contributed by atoms with Crippen LogP contribution in [0, 0.1) is 5.92 Å². The molecule has 13 heavy (non-hydrogen) atoms. The quantitative estimate of drug-likeness (QED) is 0.659. The third kappa shape index (κ3) is 3.68. The van der Waals surface area contributed by atoms with Gasteiger partial charge in [-0.25, -0.2) is 0 Å². The molecule has 0 spiro atoms. The van der Waals surface area contributed by atoms with Crippen molar-refractivity contribution in [3.05, 3.63) is 0 Å². The van der Waals surface area contributed by atoms with E-state index >= 15 is 0 Å². The van der Waals surface area contributed by atoms with E-state index in [1.807, 2.05) is 0 Å². The predicted octanol–water partition coefficient (Wildman–Crippen LogP) is 3.34. The van der Waals surface area contributed by atoms with Gasteiger partial charge in [-0.1, -0.05) is 39.5 Å². The van der Waals surface area contributed by atoms with Crippen LogP contribution in [0.15, 0.2) is 0 Å². The Labute approximate surface area is 83.3 Å². The Bertz CT molecular complexity index is 108. The summed E-state index contributed by atoms with van der Waals surface area (Å²) in [6, 6.07) is 0.826. The summed E-state index contributed by atoms with van der Waals surface area (Å²) >= 11 is 0. The summed E-state index contributed by atoms with van der Waals surface area (Å²) in [6.07, 6.45) is 10.0. The van der Waals surface area contributed by atoms with E-state index in [9.17, 15) is 0 Å². The number of hydrogen-bond donors (Lipinski definition) is 1. The monoisotopic (exact) mass is 183 g/mol. The maximum atomic E-state index is 3.66. The van der Waals surface area contributed by atoms with E-state index < -0.39 is 0 Å². The third-order valence-corrected chi connectivity index (χ3v) is 3.28. The molecule has 0 amide bonds. The second-order valence-corrected chi connectivity index (χ2v) is 4.35. The lowest BCUT2D eigenvalue weighted by Crippen LogP contribution is -2.35. The smallest absolute Gasteiger partial charge is 0.00952 e. The van der Waals surface area contributed by atoms with Crippen LogP contribution in [0.4, 0.5) is 0 Å². The summed E-state index contributed by atoms with van der Waals surface area (Å²) in [5.74, 6) is 0.965. The minimum Gasteiger partial charge on any atom is -0.314 e. The molecule has 1 fully saturated rings. The first-order valence-electron chi connectivity index (χ1n) is 6.11. The van der Waals surface area contributed by atoms with Crippen molar-refractivity contribution in [3.8, 4) is 0 Å². The van der Waals surface area contributed by atoms with Gasteiger partial charge in [-0.3, -0.25) is 0 Å². The molecule has 0 saturated heterocycles. The van der Waals surface area contributed by atoms with Crippen LogP contribution in [-0.2, 0) is 0 Å². The Morgan fingerprint density at radius 3 is 2.54 bits per heavy atom. The van der Waals surface area contributed by atoms with E-state index in [0.29, 0.717) is 0 Å². The Morgan fingerprint density at radius 2 is 1.85 bits per heavy atom. The Kier molecular flexibility index (Phi) is 5.45. The molecule has 1 rings (SSSR count). The fraction of sp³-hybridized carbons (Fsp3) is 1.00. The topological polar surface area (TPSA) is 12.0 Å². The summed E-state index contributed by atoms with van der Waals surface area (Å²) in [4.78, 5) is 0. The third-order valence-electron chi connectivity index (χ3n) is 3.28. The highest BCUT2D eigenvalue weighted by atomic mass is 14.9. The van der Waals surface area contributed by atoms with Gasteiger partial charge in [0.15, 0.2) is 0 Å². The molecule has 0 radical (unpaired) electrons. The first-order valence-corrected chi connectivity index (χ1v) is 6.11. The van der Waals surface area contributed by atoms with Crippen LogP contribution < -0.4 is 5.32 Å². The molecule has 1 aliphatic carbocycles.